The minimum Gasteiger partial charge on any atom is -0.392 e. The van der Waals surface area contributed by atoms with Crippen molar-refractivity contribution in [2.45, 2.75) is 97.3 Å². The van der Waals surface area contributed by atoms with Gasteiger partial charge in [0.05, 0.1) is 12.2 Å². The Morgan fingerprint density at radius 3 is 2.69 bits per heavy atom. The van der Waals surface area contributed by atoms with E-state index in [1.54, 1.807) is 5.57 Å². The van der Waals surface area contributed by atoms with Crippen molar-refractivity contribution in [3.8, 4) is 11.8 Å². The molecule has 0 heterocycles. The molecule has 0 aromatic heterocycles. The van der Waals surface area contributed by atoms with Crippen LogP contribution in [0.25, 0.3) is 0 Å². The fraction of sp³-hybridized carbons (Fsp3) is 0.769. The zero-order chi connectivity index (χ0) is 21.4. The van der Waals surface area contributed by atoms with Gasteiger partial charge in [-0.15, -0.1) is 11.8 Å². The van der Waals surface area contributed by atoms with E-state index in [1.807, 2.05) is 19.9 Å². The fourth-order valence-electron chi connectivity index (χ4n) is 4.79. The standard InChI is InChI=1S/C26H43NO2/c1-6-7-11-19(2)24(28)14-13-22-23-17-20(16-21(23)18-25(22)29)12-9-8-10-15-27-26(3,4)5/h12-14,19,21-25,27-29H,8-11,15-18H2,1-5H3/t19-,21-,22+,23-,24+,25+/m0/s1. The maximum Gasteiger partial charge on any atom is 0.0755 e. The Labute approximate surface area is 179 Å². The highest BCUT2D eigenvalue weighted by Crippen LogP contribution is 2.50. The first-order chi connectivity index (χ1) is 13.7. The van der Waals surface area contributed by atoms with Crippen LogP contribution < -0.4 is 5.32 Å². The quantitative estimate of drug-likeness (QED) is 0.294. The third-order valence-electron chi connectivity index (χ3n) is 6.54. The number of nitrogens with one attached hydrogen (secondary N) is 1. The second-order valence-corrected chi connectivity index (χ2v) is 10.2. The zero-order valence-corrected chi connectivity index (χ0v) is 19.2. The molecule has 3 N–H and O–H groups in total. The van der Waals surface area contributed by atoms with Gasteiger partial charge in [0.15, 0.2) is 0 Å². The van der Waals surface area contributed by atoms with Gasteiger partial charge in [-0.1, -0.05) is 30.7 Å². The van der Waals surface area contributed by atoms with Crippen LogP contribution in [0, 0.1) is 35.5 Å². The van der Waals surface area contributed by atoms with Crippen LogP contribution in [0.4, 0.5) is 0 Å². The number of rotatable bonds is 9. The molecule has 2 fully saturated rings. The maximum atomic E-state index is 10.5. The summed E-state index contributed by atoms with van der Waals surface area (Å²) in [7, 11) is 0. The summed E-state index contributed by atoms with van der Waals surface area (Å²) >= 11 is 0. The molecule has 0 saturated heterocycles. The highest BCUT2D eigenvalue weighted by atomic mass is 16.3. The molecule has 2 aliphatic carbocycles. The van der Waals surface area contributed by atoms with Crippen molar-refractivity contribution in [3.63, 3.8) is 0 Å². The first kappa shape index (κ1) is 24.2. The van der Waals surface area contributed by atoms with Gasteiger partial charge in [0, 0.05) is 17.9 Å². The van der Waals surface area contributed by atoms with E-state index in [1.165, 1.54) is 19.3 Å². The first-order valence-corrected chi connectivity index (χ1v) is 11.6. The summed E-state index contributed by atoms with van der Waals surface area (Å²) in [6.45, 7) is 11.6. The SMILES string of the molecule is CC#CC[C@H](C)[C@H](O)C=C[C@@H]1[C@H]2CC(=CCCCCNC(C)(C)C)C[C@H]2C[C@H]1O. The lowest BCUT2D eigenvalue weighted by atomic mass is 9.89. The predicted octanol–water partition coefficient (Wildman–Crippen LogP) is 4.84. The molecule has 3 nitrogen and oxygen atoms in total. The van der Waals surface area contributed by atoms with E-state index in [0.29, 0.717) is 18.3 Å². The minimum absolute atomic E-state index is 0.125. The average Bonchev–Trinajstić information content (AvgIpc) is 3.16. The van der Waals surface area contributed by atoms with Gasteiger partial charge in [-0.25, -0.2) is 0 Å². The lowest BCUT2D eigenvalue weighted by Crippen LogP contribution is -2.36. The van der Waals surface area contributed by atoms with Crippen LogP contribution in [0.2, 0.25) is 0 Å². The number of hydrogen-bond donors (Lipinski definition) is 3. The van der Waals surface area contributed by atoms with E-state index >= 15 is 0 Å². The highest BCUT2D eigenvalue weighted by molar-refractivity contribution is 5.18. The normalized spacial score (nSPS) is 30.4. The Hall–Kier alpha value is -1.08. The topological polar surface area (TPSA) is 52.5 Å². The number of aliphatic hydroxyl groups excluding tert-OH is 2. The van der Waals surface area contributed by atoms with Gasteiger partial charge in [0.25, 0.3) is 0 Å². The van der Waals surface area contributed by atoms with E-state index in [2.05, 4.69) is 50.1 Å². The van der Waals surface area contributed by atoms with Crippen molar-refractivity contribution in [2.24, 2.45) is 23.7 Å². The zero-order valence-electron chi connectivity index (χ0n) is 19.2. The summed E-state index contributed by atoms with van der Waals surface area (Å²) in [5, 5.41) is 24.5. The minimum atomic E-state index is -0.486. The molecule has 0 aromatic carbocycles. The first-order valence-electron chi connectivity index (χ1n) is 11.6. The van der Waals surface area contributed by atoms with Crippen LogP contribution in [-0.4, -0.2) is 34.5 Å². The van der Waals surface area contributed by atoms with Gasteiger partial charge in [-0.3, -0.25) is 0 Å². The molecule has 3 heteroatoms. The van der Waals surface area contributed by atoms with Gasteiger partial charge in [-0.05, 0) is 90.5 Å². The van der Waals surface area contributed by atoms with Gasteiger partial charge in [0.1, 0.15) is 0 Å². The second kappa shape index (κ2) is 11.3. The highest BCUT2D eigenvalue weighted by Gasteiger charge is 2.44. The number of fused-ring (bicyclic) bond motifs is 1. The number of hydrogen-bond acceptors (Lipinski definition) is 3. The van der Waals surface area contributed by atoms with Crippen LogP contribution in [0.5, 0.6) is 0 Å². The molecule has 29 heavy (non-hydrogen) atoms. The van der Waals surface area contributed by atoms with Crippen molar-refractivity contribution in [1.82, 2.24) is 5.32 Å². The smallest absolute Gasteiger partial charge is 0.0755 e. The molecule has 2 aliphatic rings. The molecule has 0 radical (unpaired) electrons. The van der Waals surface area contributed by atoms with Crippen LogP contribution in [0.15, 0.2) is 23.8 Å². The van der Waals surface area contributed by atoms with Crippen LogP contribution in [0.1, 0.15) is 79.6 Å². The summed E-state index contributed by atoms with van der Waals surface area (Å²) in [4.78, 5) is 0. The van der Waals surface area contributed by atoms with Gasteiger partial charge in [-0.2, -0.15) is 0 Å². The molecule has 2 rings (SSSR count). The van der Waals surface area contributed by atoms with Crippen molar-refractivity contribution in [1.29, 1.82) is 0 Å². The number of aliphatic hydroxyl groups is 2. The lowest BCUT2D eigenvalue weighted by Gasteiger charge is -2.20. The summed E-state index contributed by atoms with van der Waals surface area (Å²) < 4.78 is 0. The van der Waals surface area contributed by atoms with E-state index < -0.39 is 6.10 Å². The number of allylic oxidation sites excluding steroid dienone is 2. The molecule has 2 saturated carbocycles. The molecule has 164 valence electrons. The Morgan fingerprint density at radius 1 is 1.24 bits per heavy atom. The summed E-state index contributed by atoms with van der Waals surface area (Å²) in [6, 6.07) is 0. The van der Waals surface area contributed by atoms with Crippen molar-refractivity contribution in [2.75, 3.05) is 6.54 Å². The van der Waals surface area contributed by atoms with Crippen molar-refractivity contribution in [3.05, 3.63) is 23.8 Å². The lowest BCUT2D eigenvalue weighted by molar-refractivity contribution is 0.137. The Balaban J connectivity index is 1.80. The molecule has 6 atom stereocenters. The Kier molecular flexibility index (Phi) is 9.47. The third kappa shape index (κ3) is 7.93. The fourth-order valence-corrected chi connectivity index (χ4v) is 4.79. The molecule has 0 spiro atoms. The van der Waals surface area contributed by atoms with Gasteiger partial charge in [0.2, 0.25) is 0 Å². The van der Waals surface area contributed by atoms with Gasteiger partial charge >= 0.3 is 0 Å². The van der Waals surface area contributed by atoms with E-state index in [4.69, 9.17) is 0 Å². The van der Waals surface area contributed by atoms with Gasteiger partial charge < -0.3 is 15.5 Å². The molecular weight excluding hydrogens is 358 g/mol. The second-order valence-electron chi connectivity index (χ2n) is 10.2. The summed E-state index contributed by atoms with van der Waals surface area (Å²) in [6.07, 6.45) is 13.2. The summed E-state index contributed by atoms with van der Waals surface area (Å²) in [5.74, 6) is 7.38. The molecular formula is C26H43NO2. The van der Waals surface area contributed by atoms with Crippen LogP contribution in [-0.2, 0) is 0 Å². The largest absolute Gasteiger partial charge is 0.392 e. The van der Waals surface area contributed by atoms with E-state index in [0.717, 1.165) is 25.8 Å². The van der Waals surface area contributed by atoms with Crippen molar-refractivity contribution < 1.29 is 10.2 Å². The Bertz CT molecular complexity index is 619. The van der Waals surface area contributed by atoms with E-state index in [-0.39, 0.29) is 23.5 Å². The number of unbranched alkanes of at least 4 members (excludes halogenated alkanes) is 2. The molecule has 0 aromatic rings. The molecule has 0 bridgehead atoms. The maximum absolute atomic E-state index is 10.5. The van der Waals surface area contributed by atoms with Crippen LogP contribution >= 0.6 is 0 Å². The van der Waals surface area contributed by atoms with Crippen LogP contribution in [0.3, 0.4) is 0 Å². The third-order valence-corrected chi connectivity index (χ3v) is 6.54. The molecule has 0 amide bonds. The predicted molar refractivity (Wildman–Crippen MR) is 122 cm³/mol. The Morgan fingerprint density at radius 2 is 2.00 bits per heavy atom. The molecule has 0 unspecified atom stereocenters. The van der Waals surface area contributed by atoms with Crippen molar-refractivity contribution >= 4 is 0 Å². The van der Waals surface area contributed by atoms with E-state index in [9.17, 15) is 10.2 Å². The average molecular weight is 402 g/mol. The molecule has 0 aliphatic heterocycles. The summed E-state index contributed by atoms with van der Waals surface area (Å²) in [5.41, 5.74) is 1.79. The monoisotopic (exact) mass is 401 g/mol.